The molecule has 0 spiro atoms. The summed E-state index contributed by atoms with van der Waals surface area (Å²) in [6, 6.07) is -0.552. The summed E-state index contributed by atoms with van der Waals surface area (Å²) < 4.78 is 0. The van der Waals surface area contributed by atoms with Crippen LogP contribution in [0.2, 0.25) is 0 Å². The van der Waals surface area contributed by atoms with Crippen molar-refractivity contribution in [3.8, 4) is 0 Å². The zero-order chi connectivity index (χ0) is 7.28. The number of alkyl halides is 2. The highest BCUT2D eigenvalue weighted by Gasteiger charge is 1.97. The maximum atomic E-state index is 10.0. The Morgan fingerprint density at radius 1 is 1.67 bits per heavy atom. The number of hydrogen-bond acceptors (Lipinski definition) is 1. The van der Waals surface area contributed by atoms with Crippen LogP contribution in [0.25, 0.3) is 0 Å². The van der Waals surface area contributed by atoms with Gasteiger partial charge in [0.05, 0.1) is 0 Å². The number of hydrogen-bond donors (Lipinski definition) is 2. The van der Waals surface area contributed by atoms with Gasteiger partial charge in [-0.3, -0.25) is 0 Å². The lowest BCUT2D eigenvalue weighted by Gasteiger charge is -1.99. The zero-order valence-corrected chi connectivity index (χ0v) is 6.24. The smallest absolute Gasteiger partial charge is 0.312 e. The van der Waals surface area contributed by atoms with Crippen LogP contribution in [0.5, 0.6) is 0 Å². The fourth-order valence-corrected chi connectivity index (χ4v) is 0.523. The van der Waals surface area contributed by atoms with Crippen LogP contribution in [0.15, 0.2) is 0 Å². The van der Waals surface area contributed by atoms with E-state index in [4.69, 9.17) is 28.9 Å². The molecular formula is C4H8Cl2N2O. The van der Waals surface area contributed by atoms with Gasteiger partial charge in [0, 0.05) is 6.54 Å². The third-order valence-corrected chi connectivity index (χ3v) is 1.10. The third-order valence-electron chi connectivity index (χ3n) is 0.662. The number of urea groups is 1. The standard InChI is InChI=1S/C4H8Cl2N2O/c5-3(6)1-2-8-4(7)9/h3H,1-2H2,(H3,7,8,9). The van der Waals surface area contributed by atoms with Gasteiger partial charge >= 0.3 is 6.03 Å². The second-order valence-electron chi connectivity index (χ2n) is 1.47. The lowest BCUT2D eigenvalue weighted by molar-refractivity contribution is 0.249. The van der Waals surface area contributed by atoms with Crippen molar-refractivity contribution >= 4 is 29.2 Å². The minimum Gasteiger partial charge on any atom is -0.352 e. The number of amides is 2. The molecular weight excluding hydrogens is 163 g/mol. The maximum Gasteiger partial charge on any atom is 0.312 e. The van der Waals surface area contributed by atoms with Crippen molar-refractivity contribution in [2.24, 2.45) is 5.73 Å². The number of carbonyl (C=O) groups is 1. The van der Waals surface area contributed by atoms with Crippen LogP contribution < -0.4 is 11.1 Å². The van der Waals surface area contributed by atoms with Gasteiger partial charge in [-0.25, -0.2) is 4.79 Å². The SMILES string of the molecule is NC(=O)NCCC(Cl)Cl. The van der Waals surface area contributed by atoms with Crippen LogP contribution in [-0.4, -0.2) is 17.4 Å². The molecule has 0 aliphatic rings. The van der Waals surface area contributed by atoms with Gasteiger partial charge < -0.3 is 11.1 Å². The van der Waals surface area contributed by atoms with E-state index in [0.717, 1.165) is 0 Å². The van der Waals surface area contributed by atoms with Gasteiger partial charge in [-0.1, -0.05) is 0 Å². The van der Waals surface area contributed by atoms with Crippen molar-refractivity contribution in [3.05, 3.63) is 0 Å². The molecule has 0 heterocycles. The average Bonchev–Trinajstić information content (AvgIpc) is 1.63. The summed E-state index contributed by atoms with van der Waals surface area (Å²) in [7, 11) is 0. The van der Waals surface area contributed by atoms with Crippen molar-refractivity contribution in [2.45, 2.75) is 11.3 Å². The Labute approximate surface area is 63.5 Å². The molecule has 0 aromatic carbocycles. The molecule has 0 aromatic rings. The van der Waals surface area contributed by atoms with Gasteiger partial charge in [0.1, 0.15) is 4.84 Å². The first-order valence-electron chi connectivity index (χ1n) is 2.44. The Morgan fingerprint density at radius 2 is 2.22 bits per heavy atom. The van der Waals surface area contributed by atoms with Crippen LogP contribution in [0.1, 0.15) is 6.42 Å². The predicted octanol–water partition coefficient (Wildman–Crippen LogP) is 0.849. The van der Waals surface area contributed by atoms with E-state index in [9.17, 15) is 4.79 Å². The first-order chi connectivity index (χ1) is 4.13. The van der Waals surface area contributed by atoms with E-state index in [-0.39, 0.29) is 0 Å². The van der Waals surface area contributed by atoms with E-state index >= 15 is 0 Å². The Hall–Kier alpha value is -0.150. The van der Waals surface area contributed by atoms with Crippen LogP contribution in [0.4, 0.5) is 4.79 Å². The summed E-state index contributed by atoms with van der Waals surface area (Å²) >= 11 is 10.7. The summed E-state index contributed by atoms with van der Waals surface area (Å²) in [5.41, 5.74) is 4.74. The molecule has 54 valence electrons. The molecule has 2 amide bonds. The molecule has 9 heavy (non-hydrogen) atoms. The molecule has 3 nitrogen and oxygen atoms in total. The molecule has 0 aromatic heterocycles. The Bertz CT molecular complexity index is 96.6. The van der Waals surface area contributed by atoms with Gasteiger partial charge in [0.2, 0.25) is 0 Å². The molecule has 0 saturated heterocycles. The largest absolute Gasteiger partial charge is 0.352 e. The Morgan fingerprint density at radius 3 is 2.56 bits per heavy atom. The van der Waals surface area contributed by atoms with E-state index in [1.807, 2.05) is 0 Å². The molecule has 0 bridgehead atoms. The van der Waals surface area contributed by atoms with E-state index in [1.54, 1.807) is 0 Å². The fraction of sp³-hybridized carbons (Fsp3) is 0.750. The van der Waals surface area contributed by atoms with Gasteiger partial charge in [-0.15, -0.1) is 23.2 Å². The molecule has 0 aliphatic carbocycles. The highest BCUT2D eigenvalue weighted by molar-refractivity contribution is 6.44. The topological polar surface area (TPSA) is 55.1 Å². The lowest BCUT2D eigenvalue weighted by atomic mass is 10.5. The van der Waals surface area contributed by atoms with E-state index in [0.29, 0.717) is 13.0 Å². The fourth-order valence-electron chi connectivity index (χ4n) is 0.304. The van der Waals surface area contributed by atoms with Crippen LogP contribution in [0, 0.1) is 0 Å². The summed E-state index contributed by atoms with van der Waals surface area (Å²) in [4.78, 5) is 9.57. The van der Waals surface area contributed by atoms with E-state index < -0.39 is 10.9 Å². The van der Waals surface area contributed by atoms with Crippen molar-refractivity contribution < 1.29 is 4.79 Å². The summed E-state index contributed by atoms with van der Waals surface area (Å²) in [6.45, 7) is 0.424. The molecule has 0 atom stereocenters. The van der Waals surface area contributed by atoms with Crippen molar-refractivity contribution in [3.63, 3.8) is 0 Å². The zero-order valence-electron chi connectivity index (χ0n) is 4.73. The van der Waals surface area contributed by atoms with Crippen molar-refractivity contribution in [2.75, 3.05) is 6.54 Å². The molecule has 0 unspecified atom stereocenters. The number of nitrogens with two attached hydrogens (primary N) is 1. The van der Waals surface area contributed by atoms with E-state index in [1.165, 1.54) is 0 Å². The number of nitrogens with one attached hydrogen (secondary N) is 1. The average molecular weight is 171 g/mol. The molecule has 0 saturated carbocycles. The number of rotatable bonds is 3. The monoisotopic (exact) mass is 170 g/mol. The van der Waals surface area contributed by atoms with Gasteiger partial charge in [-0.2, -0.15) is 0 Å². The summed E-state index contributed by atoms with van der Waals surface area (Å²) in [5.74, 6) is 0. The summed E-state index contributed by atoms with van der Waals surface area (Å²) in [5, 5.41) is 2.35. The van der Waals surface area contributed by atoms with Gasteiger partial charge in [0.15, 0.2) is 0 Å². The quantitative estimate of drug-likeness (QED) is 0.607. The van der Waals surface area contributed by atoms with Crippen LogP contribution in [-0.2, 0) is 0 Å². The second kappa shape index (κ2) is 4.70. The van der Waals surface area contributed by atoms with Gasteiger partial charge in [0.25, 0.3) is 0 Å². The Balaban J connectivity index is 3.01. The Kier molecular flexibility index (Phi) is 4.62. The molecule has 0 aliphatic heterocycles. The predicted molar refractivity (Wildman–Crippen MR) is 37.7 cm³/mol. The summed E-state index contributed by atoms with van der Waals surface area (Å²) in [6.07, 6.45) is 0.520. The number of halogens is 2. The molecule has 0 fully saturated rings. The highest BCUT2D eigenvalue weighted by Crippen LogP contribution is 2.04. The molecule has 5 heteroatoms. The van der Waals surface area contributed by atoms with Crippen LogP contribution in [0.3, 0.4) is 0 Å². The minimum atomic E-state index is -0.552. The maximum absolute atomic E-state index is 10.0. The number of carbonyl (C=O) groups excluding carboxylic acids is 1. The highest BCUT2D eigenvalue weighted by atomic mass is 35.5. The first kappa shape index (κ1) is 8.85. The lowest BCUT2D eigenvalue weighted by Crippen LogP contribution is -2.30. The third kappa shape index (κ3) is 7.85. The van der Waals surface area contributed by atoms with E-state index in [2.05, 4.69) is 5.32 Å². The van der Waals surface area contributed by atoms with Crippen molar-refractivity contribution in [1.82, 2.24) is 5.32 Å². The normalized spacial score (nSPS) is 9.67. The number of primary amides is 1. The minimum absolute atomic E-state index is 0.424. The molecule has 3 N–H and O–H groups in total. The van der Waals surface area contributed by atoms with Crippen molar-refractivity contribution in [1.29, 1.82) is 0 Å². The van der Waals surface area contributed by atoms with Crippen LogP contribution >= 0.6 is 23.2 Å². The first-order valence-corrected chi connectivity index (χ1v) is 3.31. The molecule has 0 radical (unpaired) electrons. The van der Waals surface area contributed by atoms with Gasteiger partial charge in [-0.05, 0) is 6.42 Å². The molecule has 0 rings (SSSR count). The second-order valence-corrected chi connectivity index (χ2v) is 2.75.